The van der Waals surface area contributed by atoms with Gasteiger partial charge >= 0.3 is 6.03 Å². The highest BCUT2D eigenvalue weighted by Gasteiger charge is 2.20. The number of nitrogens with one attached hydrogen (secondary N) is 5. The maximum Gasteiger partial charge on any atom is 0.315 e. The van der Waals surface area contributed by atoms with Gasteiger partial charge in [0.25, 0.3) is 11.8 Å². The summed E-state index contributed by atoms with van der Waals surface area (Å²) in [4.78, 5) is 39.0. The third kappa shape index (κ3) is 6.69. The van der Waals surface area contributed by atoms with Crippen molar-refractivity contribution in [2.24, 2.45) is 0 Å². The van der Waals surface area contributed by atoms with Gasteiger partial charge in [-0.2, -0.15) is 0 Å². The Kier molecular flexibility index (Phi) is 8.00. The van der Waals surface area contributed by atoms with E-state index < -0.39 is 23.9 Å². The van der Waals surface area contributed by atoms with Crippen LogP contribution in [0.3, 0.4) is 0 Å². The van der Waals surface area contributed by atoms with Crippen LogP contribution in [0, 0.1) is 5.82 Å². The van der Waals surface area contributed by atoms with Crippen LogP contribution in [0.5, 0.6) is 0 Å². The van der Waals surface area contributed by atoms with Gasteiger partial charge in [-0.15, -0.1) is 0 Å². The molecule has 0 spiro atoms. The number of aromatic amines is 1. The van der Waals surface area contributed by atoms with Gasteiger partial charge in [0.1, 0.15) is 17.6 Å². The van der Waals surface area contributed by atoms with E-state index in [9.17, 15) is 18.8 Å². The highest BCUT2D eigenvalue weighted by atomic mass is 79.9. The van der Waals surface area contributed by atoms with E-state index in [0.717, 1.165) is 5.56 Å². The Hall–Kier alpha value is -2.88. The summed E-state index contributed by atoms with van der Waals surface area (Å²) in [5.74, 6) is -1.42. The van der Waals surface area contributed by atoms with E-state index in [1.807, 2.05) is 6.92 Å². The van der Waals surface area contributed by atoms with Crippen molar-refractivity contribution in [2.45, 2.75) is 32.4 Å². The van der Waals surface area contributed by atoms with Gasteiger partial charge in [0, 0.05) is 17.2 Å². The van der Waals surface area contributed by atoms with Crippen LogP contribution in [0.1, 0.15) is 35.8 Å². The van der Waals surface area contributed by atoms with Crippen molar-refractivity contribution < 1.29 is 18.8 Å². The first-order valence-corrected chi connectivity index (χ1v) is 9.41. The largest absolute Gasteiger partial charge is 0.356 e. The van der Waals surface area contributed by atoms with Gasteiger partial charge in [0.05, 0.1) is 0 Å². The van der Waals surface area contributed by atoms with Crippen LogP contribution < -0.4 is 21.5 Å². The van der Waals surface area contributed by atoms with Crippen LogP contribution >= 0.6 is 15.9 Å². The van der Waals surface area contributed by atoms with Gasteiger partial charge in [-0.05, 0) is 46.1 Å². The lowest BCUT2D eigenvalue weighted by molar-refractivity contribution is -0.123. The number of hydrogen-bond acceptors (Lipinski definition) is 3. The fourth-order valence-corrected chi connectivity index (χ4v) is 2.67. The second kappa shape index (κ2) is 10.5. The molecule has 150 valence electrons. The summed E-state index contributed by atoms with van der Waals surface area (Å²) in [6.45, 7) is 2.05. The van der Waals surface area contributed by atoms with Crippen molar-refractivity contribution in [2.75, 3.05) is 0 Å². The Bertz CT molecular complexity index is 825. The Morgan fingerprint density at radius 1 is 1.18 bits per heavy atom. The van der Waals surface area contributed by atoms with E-state index >= 15 is 0 Å². The molecule has 28 heavy (non-hydrogen) atoms. The Morgan fingerprint density at radius 2 is 1.89 bits per heavy atom. The fourth-order valence-electron chi connectivity index (χ4n) is 2.32. The number of benzene rings is 1. The zero-order valence-corrected chi connectivity index (χ0v) is 16.7. The molecular formula is C18H21BrFN5O3. The van der Waals surface area contributed by atoms with Crippen LogP contribution in [-0.2, 0) is 11.3 Å². The van der Waals surface area contributed by atoms with Gasteiger partial charge in [0.15, 0.2) is 0 Å². The molecular weight excluding hydrogens is 433 g/mol. The van der Waals surface area contributed by atoms with E-state index in [0.29, 0.717) is 17.3 Å². The quantitative estimate of drug-likeness (QED) is 0.414. The van der Waals surface area contributed by atoms with Crippen molar-refractivity contribution >= 4 is 33.8 Å². The molecule has 4 amide bonds. The van der Waals surface area contributed by atoms with Crippen LogP contribution in [0.2, 0.25) is 0 Å². The number of carbonyl (C=O) groups excluding carboxylic acids is 3. The molecule has 5 N–H and O–H groups in total. The molecule has 0 aliphatic heterocycles. The third-order valence-corrected chi connectivity index (χ3v) is 4.21. The number of aromatic nitrogens is 1. The summed E-state index contributed by atoms with van der Waals surface area (Å²) in [7, 11) is 0. The lowest BCUT2D eigenvalue weighted by atomic mass is 10.1. The summed E-state index contributed by atoms with van der Waals surface area (Å²) >= 11 is 3.21. The first-order chi connectivity index (χ1) is 13.4. The molecule has 0 aliphatic carbocycles. The molecule has 0 saturated carbocycles. The van der Waals surface area contributed by atoms with Crippen LogP contribution in [0.15, 0.2) is 41.0 Å². The molecule has 10 heteroatoms. The summed E-state index contributed by atoms with van der Waals surface area (Å²) < 4.78 is 13.6. The third-order valence-electron chi connectivity index (χ3n) is 3.76. The lowest BCUT2D eigenvalue weighted by Gasteiger charge is -2.18. The van der Waals surface area contributed by atoms with Crippen molar-refractivity contribution in [1.82, 2.24) is 26.5 Å². The molecule has 1 aromatic carbocycles. The summed E-state index contributed by atoms with van der Waals surface area (Å²) in [6.07, 6.45) is 2.62. The maximum atomic E-state index is 12.9. The Balaban J connectivity index is 1.82. The van der Waals surface area contributed by atoms with Gasteiger partial charge in [0.2, 0.25) is 0 Å². The molecule has 2 aromatic rings. The monoisotopic (exact) mass is 453 g/mol. The molecule has 0 bridgehead atoms. The molecule has 1 unspecified atom stereocenters. The molecule has 0 aliphatic rings. The number of halogens is 2. The highest BCUT2D eigenvalue weighted by Crippen LogP contribution is 2.10. The molecule has 0 radical (unpaired) electrons. The fraction of sp³-hybridized carbons (Fsp3) is 0.278. The van der Waals surface area contributed by atoms with E-state index in [2.05, 4.69) is 42.4 Å². The maximum absolute atomic E-state index is 12.9. The second-order valence-corrected chi connectivity index (χ2v) is 6.89. The number of amides is 4. The SMILES string of the molecule is CCCC(NC(=O)NCc1ccc(F)cc1)C(=O)NNC(=O)c1cc(Br)c[nH]1. The zero-order chi connectivity index (χ0) is 20.5. The first-order valence-electron chi connectivity index (χ1n) is 8.62. The Labute approximate surface area is 169 Å². The summed E-state index contributed by atoms with van der Waals surface area (Å²) in [5, 5.41) is 5.17. The minimum absolute atomic E-state index is 0.186. The predicted octanol–water partition coefficient (Wildman–Crippen LogP) is 2.35. The minimum Gasteiger partial charge on any atom is -0.356 e. The number of urea groups is 1. The van der Waals surface area contributed by atoms with Crippen molar-refractivity contribution in [1.29, 1.82) is 0 Å². The molecule has 1 heterocycles. The lowest BCUT2D eigenvalue weighted by Crippen LogP contribution is -2.54. The minimum atomic E-state index is -0.825. The number of hydrazine groups is 1. The van der Waals surface area contributed by atoms with Gasteiger partial charge in [-0.1, -0.05) is 25.5 Å². The van der Waals surface area contributed by atoms with E-state index in [1.54, 1.807) is 24.4 Å². The average molecular weight is 454 g/mol. The van der Waals surface area contributed by atoms with Crippen molar-refractivity contribution in [3.63, 3.8) is 0 Å². The second-order valence-electron chi connectivity index (χ2n) is 5.97. The topological polar surface area (TPSA) is 115 Å². The summed E-state index contributed by atoms with van der Waals surface area (Å²) in [5.41, 5.74) is 5.58. The molecule has 1 atom stereocenters. The van der Waals surface area contributed by atoms with Gasteiger partial charge in [-0.3, -0.25) is 20.4 Å². The standard InChI is InChI=1S/C18H21BrFN5O3/c1-2-3-14(16(26)24-25-17(27)15-8-12(19)10-21-15)23-18(28)22-9-11-4-6-13(20)7-5-11/h4-8,10,14,21H,2-3,9H2,1H3,(H,24,26)(H,25,27)(H2,22,23,28). The normalized spacial score (nSPS) is 11.4. The van der Waals surface area contributed by atoms with Crippen LogP contribution in [-0.4, -0.2) is 28.9 Å². The van der Waals surface area contributed by atoms with E-state index in [4.69, 9.17) is 0 Å². The van der Waals surface area contributed by atoms with Crippen LogP contribution in [0.25, 0.3) is 0 Å². The molecule has 8 nitrogen and oxygen atoms in total. The first kappa shape index (κ1) is 21.4. The van der Waals surface area contributed by atoms with Crippen molar-refractivity contribution in [3.05, 3.63) is 58.1 Å². The van der Waals surface area contributed by atoms with Gasteiger partial charge in [-0.25, -0.2) is 9.18 Å². The van der Waals surface area contributed by atoms with Crippen LogP contribution in [0.4, 0.5) is 9.18 Å². The van der Waals surface area contributed by atoms with E-state index in [1.165, 1.54) is 12.1 Å². The molecule has 0 saturated heterocycles. The average Bonchev–Trinajstić information content (AvgIpc) is 3.11. The van der Waals surface area contributed by atoms with Gasteiger partial charge < -0.3 is 15.6 Å². The number of rotatable bonds is 7. The molecule has 2 rings (SSSR count). The highest BCUT2D eigenvalue weighted by molar-refractivity contribution is 9.10. The number of hydrogen-bond donors (Lipinski definition) is 5. The predicted molar refractivity (Wildman–Crippen MR) is 105 cm³/mol. The smallest absolute Gasteiger partial charge is 0.315 e. The molecule has 0 fully saturated rings. The number of H-pyrrole nitrogens is 1. The summed E-state index contributed by atoms with van der Waals surface area (Å²) in [6, 6.07) is 5.90. The van der Waals surface area contributed by atoms with Crippen molar-refractivity contribution in [3.8, 4) is 0 Å². The Morgan fingerprint density at radius 3 is 2.50 bits per heavy atom. The van der Waals surface area contributed by atoms with E-state index in [-0.39, 0.29) is 18.1 Å². The zero-order valence-electron chi connectivity index (χ0n) is 15.1. The number of carbonyl (C=O) groups is 3. The molecule has 1 aromatic heterocycles.